The summed E-state index contributed by atoms with van der Waals surface area (Å²) in [6.07, 6.45) is 3.22. The monoisotopic (exact) mass is 297 g/mol. The van der Waals surface area contributed by atoms with Gasteiger partial charge in [-0.3, -0.25) is 4.79 Å². The van der Waals surface area contributed by atoms with Crippen molar-refractivity contribution in [3.8, 4) is 0 Å². The van der Waals surface area contributed by atoms with Crippen molar-refractivity contribution in [3.05, 3.63) is 32.8 Å². The van der Waals surface area contributed by atoms with Crippen LogP contribution in [0.5, 0.6) is 0 Å². The van der Waals surface area contributed by atoms with Crippen molar-refractivity contribution in [2.45, 2.75) is 18.9 Å². The van der Waals surface area contributed by atoms with Crippen LogP contribution in [0.15, 0.2) is 26.1 Å². The Balaban J connectivity index is 2.41. The lowest BCUT2D eigenvalue weighted by Crippen LogP contribution is -2.20. The van der Waals surface area contributed by atoms with Crippen molar-refractivity contribution in [2.24, 2.45) is 0 Å². The Bertz CT molecular complexity index is 681. The fourth-order valence-electron chi connectivity index (χ4n) is 1.89. The van der Waals surface area contributed by atoms with Crippen molar-refractivity contribution >= 4 is 32.9 Å². The maximum Gasteiger partial charge on any atom is 0.341 e. The normalized spacial score (nSPS) is 15.4. The first-order valence-corrected chi connectivity index (χ1v) is 5.94. The molecular weight excluding hydrogens is 290 g/mol. The van der Waals surface area contributed by atoms with Gasteiger partial charge < -0.3 is 14.1 Å². The number of hydrogen-bond acceptors (Lipinski definition) is 3. The molecule has 0 atom stereocenters. The first-order chi connectivity index (χ1) is 8.08. The molecule has 0 bridgehead atoms. The minimum absolute atomic E-state index is 0.0252. The second-order valence-electron chi connectivity index (χ2n) is 4.08. The molecule has 3 rings (SSSR count). The fraction of sp³-hybridized carbons (Fsp3) is 0.273. The summed E-state index contributed by atoms with van der Waals surface area (Å²) in [5.74, 6) is -1.09. The molecule has 0 spiro atoms. The highest BCUT2D eigenvalue weighted by molar-refractivity contribution is 9.10. The second kappa shape index (κ2) is 3.46. The number of aromatic nitrogens is 1. The van der Waals surface area contributed by atoms with Gasteiger partial charge in [0.15, 0.2) is 10.3 Å². The molecule has 2 aromatic heterocycles. The molecule has 1 saturated carbocycles. The summed E-state index contributed by atoms with van der Waals surface area (Å²) < 4.78 is 7.07. The Morgan fingerprint density at radius 3 is 2.82 bits per heavy atom. The molecule has 0 saturated heterocycles. The van der Waals surface area contributed by atoms with Gasteiger partial charge in [0.2, 0.25) is 0 Å². The highest BCUT2D eigenvalue weighted by Crippen LogP contribution is 2.35. The van der Waals surface area contributed by atoms with Crippen LogP contribution in [0.25, 0.3) is 11.0 Å². The summed E-state index contributed by atoms with van der Waals surface area (Å²) in [5, 5.41) is 9.43. The van der Waals surface area contributed by atoms with Gasteiger partial charge in [0.05, 0.1) is 5.39 Å². The highest BCUT2D eigenvalue weighted by Gasteiger charge is 2.28. The van der Waals surface area contributed by atoms with E-state index in [0.717, 1.165) is 12.8 Å². The first-order valence-electron chi connectivity index (χ1n) is 5.15. The van der Waals surface area contributed by atoms with Crippen LogP contribution in [0.3, 0.4) is 0 Å². The standard InChI is InChI=1S/C11H8BrNO4/c12-8-3-6-9(17-8)7(11(15)16)4-13(10(6)14)5-1-2-5/h3-5H,1-2H2,(H,15,16). The molecule has 5 nitrogen and oxygen atoms in total. The molecule has 6 heteroatoms. The molecule has 0 unspecified atom stereocenters. The van der Waals surface area contributed by atoms with E-state index in [9.17, 15) is 9.59 Å². The molecule has 88 valence electrons. The predicted octanol–water partition coefficient (Wildman–Crippen LogP) is 2.39. The van der Waals surface area contributed by atoms with Crippen LogP contribution in [0, 0.1) is 0 Å². The summed E-state index contributed by atoms with van der Waals surface area (Å²) in [6.45, 7) is 0. The molecule has 1 N–H and O–H groups in total. The number of fused-ring (bicyclic) bond motifs is 1. The van der Waals surface area contributed by atoms with E-state index in [1.54, 1.807) is 0 Å². The Labute approximate surface area is 104 Å². The molecule has 0 aromatic carbocycles. The van der Waals surface area contributed by atoms with Crippen molar-refractivity contribution in [2.75, 3.05) is 0 Å². The van der Waals surface area contributed by atoms with Crippen molar-refractivity contribution in [1.29, 1.82) is 0 Å². The van der Waals surface area contributed by atoms with Crippen LogP contribution in [0.4, 0.5) is 0 Å². The molecule has 1 aliphatic rings. The molecule has 2 heterocycles. The zero-order valence-corrected chi connectivity index (χ0v) is 10.2. The van der Waals surface area contributed by atoms with Gasteiger partial charge in [0.25, 0.3) is 5.56 Å². The number of nitrogens with zero attached hydrogens (tertiary/aromatic N) is 1. The zero-order chi connectivity index (χ0) is 12.2. The molecule has 2 aromatic rings. The zero-order valence-electron chi connectivity index (χ0n) is 8.64. The summed E-state index contributed by atoms with van der Waals surface area (Å²) in [5.41, 5.74) is -0.0366. The van der Waals surface area contributed by atoms with E-state index >= 15 is 0 Å². The van der Waals surface area contributed by atoms with Gasteiger partial charge in [-0.05, 0) is 28.8 Å². The molecule has 1 aliphatic carbocycles. The Morgan fingerprint density at radius 2 is 2.24 bits per heavy atom. The van der Waals surface area contributed by atoms with Gasteiger partial charge in [0.1, 0.15) is 5.56 Å². The smallest absolute Gasteiger partial charge is 0.341 e. The third kappa shape index (κ3) is 1.59. The molecule has 0 amide bonds. The second-order valence-corrected chi connectivity index (χ2v) is 4.87. The van der Waals surface area contributed by atoms with Crippen molar-refractivity contribution in [1.82, 2.24) is 4.57 Å². The minimum Gasteiger partial charge on any atom is -0.477 e. The average molecular weight is 298 g/mol. The van der Waals surface area contributed by atoms with E-state index in [2.05, 4.69) is 15.9 Å². The fourth-order valence-corrected chi connectivity index (χ4v) is 2.28. The Morgan fingerprint density at radius 1 is 1.53 bits per heavy atom. The van der Waals surface area contributed by atoms with Gasteiger partial charge >= 0.3 is 5.97 Å². The van der Waals surface area contributed by atoms with Crippen LogP contribution in [0.2, 0.25) is 0 Å². The molecular formula is C11H8BrNO4. The topological polar surface area (TPSA) is 72.4 Å². The number of furan rings is 1. The quantitative estimate of drug-likeness (QED) is 0.924. The summed E-state index contributed by atoms with van der Waals surface area (Å²) >= 11 is 3.11. The number of halogens is 1. The molecule has 1 fully saturated rings. The van der Waals surface area contributed by atoms with E-state index in [4.69, 9.17) is 9.52 Å². The van der Waals surface area contributed by atoms with Gasteiger partial charge in [-0.25, -0.2) is 4.79 Å². The van der Waals surface area contributed by atoms with Crippen LogP contribution in [-0.4, -0.2) is 15.6 Å². The largest absolute Gasteiger partial charge is 0.477 e. The molecule has 17 heavy (non-hydrogen) atoms. The summed E-state index contributed by atoms with van der Waals surface area (Å²) in [6, 6.07) is 1.65. The number of hydrogen-bond donors (Lipinski definition) is 1. The van der Waals surface area contributed by atoms with Gasteiger partial charge in [-0.1, -0.05) is 0 Å². The summed E-state index contributed by atoms with van der Waals surface area (Å²) in [7, 11) is 0. The van der Waals surface area contributed by atoms with E-state index in [-0.39, 0.29) is 22.7 Å². The maximum absolute atomic E-state index is 12.1. The lowest BCUT2D eigenvalue weighted by Gasteiger charge is -2.05. The number of carboxylic acid groups (broad SMARTS) is 1. The van der Waals surface area contributed by atoms with Gasteiger partial charge in [-0.15, -0.1) is 0 Å². The van der Waals surface area contributed by atoms with Gasteiger partial charge in [0, 0.05) is 18.3 Å². The summed E-state index contributed by atoms with van der Waals surface area (Å²) in [4.78, 5) is 23.2. The van der Waals surface area contributed by atoms with Crippen LogP contribution >= 0.6 is 15.9 Å². The lowest BCUT2D eigenvalue weighted by atomic mass is 10.2. The lowest BCUT2D eigenvalue weighted by molar-refractivity contribution is 0.0697. The third-order valence-corrected chi connectivity index (χ3v) is 3.24. The van der Waals surface area contributed by atoms with E-state index in [1.807, 2.05) is 0 Å². The highest BCUT2D eigenvalue weighted by atomic mass is 79.9. The van der Waals surface area contributed by atoms with Crippen LogP contribution < -0.4 is 5.56 Å². The van der Waals surface area contributed by atoms with E-state index in [0.29, 0.717) is 10.1 Å². The predicted molar refractivity (Wildman–Crippen MR) is 63.4 cm³/mol. The average Bonchev–Trinajstić information content (AvgIpc) is 3.01. The number of pyridine rings is 1. The number of aromatic carboxylic acids is 1. The molecule has 0 radical (unpaired) electrons. The minimum atomic E-state index is -1.09. The van der Waals surface area contributed by atoms with E-state index in [1.165, 1.54) is 16.8 Å². The SMILES string of the molecule is O=C(O)c1cn(C2CC2)c(=O)c2cc(Br)oc12. The Hall–Kier alpha value is -1.56. The van der Waals surface area contributed by atoms with Crippen LogP contribution in [0.1, 0.15) is 29.2 Å². The van der Waals surface area contributed by atoms with Crippen molar-refractivity contribution in [3.63, 3.8) is 0 Å². The van der Waals surface area contributed by atoms with Crippen LogP contribution in [-0.2, 0) is 0 Å². The number of carbonyl (C=O) groups is 1. The first kappa shape index (κ1) is 10.6. The third-order valence-electron chi connectivity index (χ3n) is 2.85. The Kier molecular flexibility index (Phi) is 2.16. The number of carboxylic acids is 1. The number of rotatable bonds is 2. The van der Waals surface area contributed by atoms with Crippen molar-refractivity contribution < 1.29 is 14.3 Å². The maximum atomic E-state index is 12.1. The van der Waals surface area contributed by atoms with Gasteiger partial charge in [-0.2, -0.15) is 0 Å². The molecule has 0 aliphatic heterocycles. The van der Waals surface area contributed by atoms with E-state index < -0.39 is 5.97 Å².